The zero-order valence-electron chi connectivity index (χ0n) is 11.0. The van der Waals surface area contributed by atoms with Gasteiger partial charge in [0.25, 0.3) is 0 Å². The molecule has 20 heavy (non-hydrogen) atoms. The molecule has 4 nitrogen and oxygen atoms in total. The molecule has 2 aromatic heterocycles. The van der Waals surface area contributed by atoms with E-state index in [0.717, 1.165) is 28.0 Å². The molecule has 6 heteroatoms. The quantitative estimate of drug-likeness (QED) is 0.741. The van der Waals surface area contributed by atoms with E-state index in [0.29, 0.717) is 15.9 Å². The van der Waals surface area contributed by atoms with Gasteiger partial charge >= 0.3 is 0 Å². The zero-order chi connectivity index (χ0) is 14.4. The van der Waals surface area contributed by atoms with Gasteiger partial charge in [-0.1, -0.05) is 23.2 Å². The molecule has 102 valence electrons. The Labute approximate surface area is 126 Å². The van der Waals surface area contributed by atoms with E-state index in [1.165, 1.54) is 6.33 Å². The summed E-state index contributed by atoms with van der Waals surface area (Å²) >= 11 is 12.4. The number of aryl methyl sites for hydroxylation is 1. The average Bonchev–Trinajstić information content (AvgIpc) is 2.66. The topological polar surface area (TPSA) is 56.7 Å². The van der Waals surface area contributed by atoms with Gasteiger partial charge in [0.2, 0.25) is 0 Å². The maximum Gasteiger partial charge on any atom is 0.150 e. The monoisotopic (exact) mass is 306 g/mol. The second kappa shape index (κ2) is 4.65. The van der Waals surface area contributed by atoms with Crippen LogP contribution in [0.5, 0.6) is 0 Å². The van der Waals surface area contributed by atoms with Crippen LogP contribution in [-0.2, 0) is 0 Å². The smallest absolute Gasteiger partial charge is 0.150 e. The van der Waals surface area contributed by atoms with Gasteiger partial charge in [-0.05, 0) is 37.6 Å². The first kappa shape index (κ1) is 13.2. The Bertz CT molecular complexity index is 824. The van der Waals surface area contributed by atoms with E-state index in [-0.39, 0.29) is 0 Å². The van der Waals surface area contributed by atoms with Gasteiger partial charge in [0, 0.05) is 10.7 Å². The summed E-state index contributed by atoms with van der Waals surface area (Å²) in [6.45, 7) is 3.99. The molecule has 0 saturated carbocycles. The van der Waals surface area contributed by atoms with Gasteiger partial charge in [-0.25, -0.2) is 9.97 Å². The molecule has 0 aliphatic heterocycles. The number of hydrogen-bond donors (Lipinski definition) is 1. The van der Waals surface area contributed by atoms with Gasteiger partial charge in [0.05, 0.1) is 16.1 Å². The van der Waals surface area contributed by atoms with Crippen molar-refractivity contribution in [1.82, 2.24) is 14.5 Å². The van der Waals surface area contributed by atoms with Gasteiger partial charge < -0.3 is 5.73 Å². The average molecular weight is 307 g/mol. The maximum atomic E-state index is 6.30. The van der Waals surface area contributed by atoms with Gasteiger partial charge in [0.15, 0.2) is 5.65 Å². The van der Waals surface area contributed by atoms with Crippen LogP contribution in [0, 0.1) is 13.8 Å². The second-order valence-corrected chi connectivity index (χ2v) is 5.44. The third-order valence-corrected chi connectivity index (χ3v) is 4.03. The van der Waals surface area contributed by atoms with Crippen molar-refractivity contribution in [3.8, 4) is 5.69 Å². The normalized spacial score (nSPS) is 11.2. The summed E-state index contributed by atoms with van der Waals surface area (Å²) in [4.78, 5) is 8.39. The van der Waals surface area contributed by atoms with Crippen molar-refractivity contribution < 1.29 is 0 Å². The van der Waals surface area contributed by atoms with Gasteiger partial charge in [-0.2, -0.15) is 0 Å². The lowest BCUT2D eigenvalue weighted by Crippen LogP contribution is -2.00. The van der Waals surface area contributed by atoms with Crippen molar-refractivity contribution in [2.45, 2.75) is 13.8 Å². The molecule has 0 atom stereocenters. The van der Waals surface area contributed by atoms with Crippen LogP contribution in [0.3, 0.4) is 0 Å². The number of nitrogens with zero attached hydrogens (tertiary/aromatic N) is 3. The number of aromatic nitrogens is 3. The molecule has 0 amide bonds. The van der Waals surface area contributed by atoms with E-state index in [9.17, 15) is 0 Å². The molecule has 0 aliphatic carbocycles. The summed E-state index contributed by atoms with van der Waals surface area (Å²) in [5.41, 5.74) is 9.53. The highest BCUT2D eigenvalue weighted by Crippen LogP contribution is 2.33. The van der Waals surface area contributed by atoms with Crippen molar-refractivity contribution in [3.63, 3.8) is 0 Å². The Balaban J connectivity index is 2.46. The van der Waals surface area contributed by atoms with Gasteiger partial charge in [0.1, 0.15) is 12.1 Å². The zero-order valence-corrected chi connectivity index (χ0v) is 12.5. The Morgan fingerprint density at radius 3 is 2.65 bits per heavy atom. The van der Waals surface area contributed by atoms with Crippen LogP contribution in [0.2, 0.25) is 10.0 Å². The lowest BCUT2D eigenvalue weighted by atomic mass is 10.2. The van der Waals surface area contributed by atoms with E-state index >= 15 is 0 Å². The molecule has 3 rings (SSSR count). The molecule has 0 radical (unpaired) electrons. The summed E-state index contributed by atoms with van der Waals surface area (Å²) in [6, 6.07) is 5.34. The molecule has 0 aliphatic rings. The van der Waals surface area contributed by atoms with Crippen LogP contribution in [0.4, 0.5) is 5.82 Å². The molecule has 3 aromatic rings. The second-order valence-electron chi connectivity index (χ2n) is 4.60. The van der Waals surface area contributed by atoms with Crippen molar-refractivity contribution in [1.29, 1.82) is 0 Å². The van der Waals surface area contributed by atoms with E-state index in [1.807, 2.05) is 24.5 Å². The number of hydrogen-bond acceptors (Lipinski definition) is 3. The van der Waals surface area contributed by atoms with Crippen molar-refractivity contribution in [3.05, 3.63) is 45.8 Å². The molecular weight excluding hydrogens is 295 g/mol. The minimum Gasteiger partial charge on any atom is -0.383 e. The molecule has 0 fully saturated rings. The number of benzene rings is 1. The molecule has 0 unspecified atom stereocenters. The SMILES string of the molecule is Cc1c(C)n(-c2cc(Cl)ccc2Cl)c2ncnc(N)c12. The molecular formula is C14H12Cl2N4. The summed E-state index contributed by atoms with van der Waals surface area (Å²) in [5.74, 6) is 0.465. The van der Waals surface area contributed by atoms with Gasteiger partial charge in [-0.3, -0.25) is 4.57 Å². The Morgan fingerprint density at radius 1 is 1.15 bits per heavy atom. The predicted octanol–water partition coefficient (Wildman–Crippen LogP) is 3.93. The van der Waals surface area contributed by atoms with E-state index in [2.05, 4.69) is 9.97 Å². The summed E-state index contributed by atoms with van der Waals surface area (Å²) in [5, 5.41) is 2.07. The lowest BCUT2D eigenvalue weighted by Gasteiger charge is -2.10. The molecule has 0 bridgehead atoms. The number of anilines is 1. The first-order valence-corrected chi connectivity index (χ1v) is 6.80. The van der Waals surface area contributed by atoms with Crippen molar-refractivity contribution >= 4 is 40.1 Å². The Hall–Kier alpha value is -1.78. The highest BCUT2D eigenvalue weighted by Gasteiger charge is 2.18. The maximum absolute atomic E-state index is 6.30. The van der Waals surface area contributed by atoms with E-state index in [1.54, 1.807) is 12.1 Å². The molecule has 1 aromatic carbocycles. The number of fused-ring (bicyclic) bond motifs is 1. The standard InChI is InChI=1S/C14H12Cl2N4/c1-7-8(2)20(11-5-9(15)3-4-10(11)16)14-12(7)13(17)18-6-19-14/h3-6H,1-2H3,(H2,17,18,19). The van der Waals surface area contributed by atoms with Gasteiger partial charge in [-0.15, -0.1) is 0 Å². The summed E-state index contributed by atoms with van der Waals surface area (Å²) < 4.78 is 1.96. The van der Waals surface area contributed by atoms with Crippen molar-refractivity contribution in [2.24, 2.45) is 0 Å². The minimum atomic E-state index is 0.465. The Kier molecular flexibility index (Phi) is 3.07. The van der Waals surface area contributed by atoms with E-state index < -0.39 is 0 Å². The fourth-order valence-corrected chi connectivity index (χ4v) is 2.75. The third-order valence-electron chi connectivity index (χ3n) is 3.47. The minimum absolute atomic E-state index is 0.465. The number of nitrogen functional groups attached to an aromatic ring is 1. The van der Waals surface area contributed by atoms with Crippen LogP contribution >= 0.6 is 23.2 Å². The molecule has 2 heterocycles. The fourth-order valence-electron chi connectivity index (χ4n) is 2.38. The molecule has 0 saturated heterocycles. The number of nitrogens with two attached hydrogens (primary N) is 1. The number of halogens is 2. The van der Waals surface area contributed by atoms with Crippen LogP contribution in [0.25, 0.3) is 16.7 Å². The van der Waals surface area contributed by atoms with Crippen molar-refractivity contribution in [2.75, 3.05) is 5.73 Å². The lowest BCUT2D eigenvalue weighted by molar-refractivity contribution is 1.01. The predicted molar refractivity (Wildman–Crippen MR) is 82.8 cm³/mol. The highest BCUT2D eigenvalue weighted by molar-refractivity contribution is 6.34. The first-order chi connectivity index (χ1) is 9.50. The van der Waals surface area contributed by atoms with E-state index in [4.69, 9.17) is 28.9 Å². The van der Waals surface area contributed by atoms with Crippen LogP contribution in [-0.4, -0.2) is 14.5 Å². The molecule has 0 spiro atoms. The largest absolute Gasteiger partial charge is 0.383 e. The third kappa shape index (κ3) is 1.84. The number of rotatable bonds is 1. The fraction of sp³-hybridized carbons (Fsp3) is 0.143. The van der Waals surface area contributed by atoms with Crippen LogP contribution in [0.1, 0.15) is 11.3 Å². The van der Waals surface area contributed by atoms with Crippen LogP contribution < -0.4 is 5.73 Å². The summed E-state index contributed by atoms with van der Waals surface area (Å²) in [6.07, 6.45) is 1.45. The first-order valence-electron chi connectivity index (χ1n) is 6.04. The molecule has 2 N–H and O–H groups in total. The Morgan fingerprint density at radius 2 is 1.90 bits per heavy atom. The van der Waals surface area contributed by atoms with Crippen LogP contribution in [0.15, 0.2) is 24.5 Å². The summed E-state index contributed by atoms with van der Waals surface area (Å²) in [7, 11) is 0. The highest BCUT2D eigenvalue weighted by atomic mass is 35.5.